The van der Waals surface area contributed by atoms with Crippen LogP contribution in [0.15, 0.2) is 110 Å². The minimum Gasteiger partial charge on any atom is -0.457 e. The second-order valence-electron chi connectivity index (χ2n) is 9.62. The number of hydrogen-bond acceptors (Lipinski definition) is 5. The highest BCUT2D eigenvalue weighted by atomic mass is 35.5. The maximum absolute atomic E-state index is 13.9. The fourth-order valence-electron chi connectivity index (χ4n) is 4.79. The number of carbonyl (C=O) groups is 1. The van der Waals surface area contributed by atoms with Crippen LogP contribution in [0.4, 0.5) is 5.69 Å². The number of benzene rings is 3. The fourth-order valence-corrected chi connectivity index (χ4v) is 6.21. The van der Waals surface area contributed by atoms with E-state index in [4.69, 9.17) is 32.6 Å². The smallest absolute Gasteiger partial charge is 0.271 e. The van der Waals surface area contributed by atoms with Crippen molar-refractivity contribution in [3.05, 3.63) is 143 Å². The highest BCUT2D eigenvalue weighted by Crippen LogP contribution is 2.35. The number of para-hydroxylation sites is 1. The third kappa shape index (κ3) is 5.20. The summed E-state index contributed by atoms with van der Waals surface area (Å²) in [4.78, 5) is 32.8. The van der Waals surface area contributed by atoms with Gasteiger partial charge in [0.1, 0.15) is 11.5 Å². The molecule has 6 rings (SSSR count). The van der Waals surface area contributed by atoms with Crippen molar-refractivity contribution in [2.75, 3.05) is 5.32 Å². The summed E-state index contributed by atoms with van der Waals surface area (Å²) in [5.74, 6) is 0.696. The van der Waals surface area contributed by atoms with Crippen molar-refractivity contribution in [2.45, 2.75) is 19.9 Å². The lowest BCUT2D eigenvalue weighted by atomic mass is 9.94. The molecule has 3 aromatic carbocycles. The van der Waals surface area contributed by atoms with E-state index in [9.17, 15) is 9.59 Å². The summed E-state index contributed by atoms with van der Waals surface area (Å²) in [6, 6.07) is 25.3. The Labute approximate surface area is 249 Å². The lowest BCUT2D eigenvalue weighted by Crippen LogP contribution is -2.40. The Kier molecular flexibility index (Phi) is 7.26. The molecule has 1 N–H and O–H groups in total. The van der Waals surface area contributed by atoms with Gasteiger partial charge in [-0.3, -0.25) is 14.2 Å². The molecule has 0 spiro atoms. The van der Waals surface area contributed by atoms with Crippen LogP contribution in [-0.4, -0.2) is 10.5 Å². The average Bonchev–Trinajstić information content (AvgIpc) is 3.54. The molecule has 0 radical (unpaired) electrons. The molecular weight excluding hydrogens is 577 g/mol. The van der Waals surface area contributed by atoms with E-state index in [1.807, 2.05) is 67.6 Å². The van der Waals surface area contributed by atoms with E-state index in [-0.39, 0.29) is 11.5 Å². The summed E-state index contributed by atoms with van der Waals surface area (Å²) in [5.41, 5.74) is 3.89. The van der Waals surface area contributed by atoms with Gasteiger partial charge in [0, 0.05) is 17.3 Å². The van der Waals surface area contributed by atoms with Crippen LogP contribution in [0.3, 0.4) is 0 Å². The number of amides is 1. The van der Waals surface area contributed by atoms with Gasteiger partial charge < -0.3 is 9.73 Å². The van der Waals surface area contributed by atoms with Crippen molar-refractivity contribution >= 4 is 52.2 Å². The van der Waals surface area contributed by atoms with Gasteiger partial charge in [0.15, 0.2) is 4.80 Å². The Hall–Kier alpha value is -4.17. The third-order valence-electron chi connectivity index (χ3n) is 6.81. The summed E-state index contributed by atoms with van der Waals surface area (Å²) >= 11 is 13.8. The molecular formula is C32H23Cl2N3O3S. The van der Waals surface area contributed by atoms with Crippen LogP contribution in [0.2, 0.25) is 10.0 Å². The molecule has 1 amide bonds. The number of nitrogens with zero attached hydrogens (tertiary/aromatic N) is 2. The number of anilines is 1. The quantitative estimate of drug-likeness (QED) is 0.243. The monoisotopic (exact) mass is 599 g/mol. The van der Waals surface area contributed by atoms with Crippen molar-refractivity contribution in [1.82, 2.24) is 4.57 Å². The normalized spacial score (nSPS) is 15.0. The molecule has 0 fully saturated rings. The number of aryl methyl sites for hydroxylation is 1. The van der Waals surface area contributed by atoms with E-state index in [1.54, 1.807) is 41.8 Å². The molecule has 204 valence electrons. The Morgan fingerprint density at radius 1 is 0.976 bits per heavy atom. The maximum Gasteiger partial charge on any atom is 0.271 e. The molecule has 5 aromatic rings. The number of furan rings is 1. The fraction of sp³-hybridized carbons (Fsp3) is 0.0938. The first-order valence-corrected chi connectivity index (χ1v) is 14.4. The highest BCUT2D eigenvalue weighted by Gasteiger charge is 2.32. The number of thiazole rings is 1. The van der Waals surface area contributed by atoms with Gasteiger partial charge >= 0.3 is 0 Å². The molecule has 3 heterocycles. The molecule has 41 heavy (non-hydrogen) atoms. The molecule has 0 bridgehead atoms. The predicted molar refractivity (Wildman–Crippen MR) is 164 cm³/mol. The molecule has 9 heteroatoms. The average molecular weight is 601 g/mol. The van der Waals surface area contributed by atoms with E-state index in [0.717, 1.165) is 11.1 Å². The SMILES string of the molecule is CC1=C(C(=O)Nc2ccccc2)C(c2ccc(C)cc2)n2c(s/c(=C\c3ccc(-c4cccc(Cl)c4Cl)o3)c2=O)=N1. The minimum atomic E-state index is -0.657. The van der Waals surface area contributed by atoms with Crippen molar-refractivity contribution < 1.29 is 9.21 Å². The van der Waals surface area contributed by atoms with Crippen molar-refractivity contribution in [3.63, 3.8) is 0 Å². The van der Waals surface area contributed by atoms with Gasteiger partial charge in [0.25, 0.3) is 11.5 Å². The third-order valence-corrected chi connectivity index (χ3v) is 8.61. The van der Waals surface area contributed by atoms with Crippen molar-refractivity contribution in [1.29, 1.82) is 0 Å². The van der Waals surface area contributed by atoms with E-state index in [2.05, 4.69) is 5.32 Å². The molecule has 0 saturated heterocycles. The summed E-state index contributed by atoms with van der Waals surface area (Å²) in [6.07, 6.45) is 1.68. The molecule has 1 atom stereocenters. The van der Waals surface area contributed by atoms with Gasteiger partial charge in [-0.2, -0.15) is 0 Å². The van der Waals surface area contributed by atoms with Gasteiger partial charge in [-0.25, -0.2) is 4.99 Å². The molecule has 1 unspecified atom stereocenters. The van der Waals surface area contributed by atoms with Crippen LogP contribution < -0.4 is 20.2 Å². The topological polar surface area (TPSA) is 76.6 Å². The number of aromatic nitrogens is 1. The summed E-state index contributed by atoms with van der Waals surface area (Å²) in [7, 11) is 0. The number of fused-ring (bicyclic) bond motifs is 1. The lowest BCUT2D eigenvalue weighted by Gasteiger charge is -2.25. The summed E-state index contributed by atoms with van der Waals surface area (Å²) in [5, 5.41) is 3.78. The second kappa shape index (κ2) is 11.0. The van der Waals surface area contributed by atoms with Gasteiger partial charge in [-0.05, 0) is 55.8 Å². The number of hydrogen-bond donors (Lipinski definition) is 1. The first kappa shape index (κ1) is 27.0. The molecule has 2 aromatic heterocycles. The standard InChI is InChI=1S/C32H23Cl2N3O3S/c1-18-11-13-20(14-12-18)29-27(30(38)36-21-7-4-3-5-8-21)19(2)35-32-37(29)31(39)26(41-32)17-22-15-16-25(40-22)23-9-6-10-24(33)28(23)34/h3-17,29H,1-2H3,(H,36,38)/b26-17-. The molecule has 0 saturated carbocycles. The van der Waals surface area contributed by atoms with Crippen LogP contribution in [0.5, 0.6) is 0 Å². The van der Waals surface area contributed by atoms with E-state index in [1.165, 1.54) is 11.3 Å². The first-order chi connectivity index (χ1) is 19.8. The van der Waals surface area contributed by atoms with Gasteiger partial charge in [0.05, 0.1) is 31.9 Å². The van der Waals surface area contributed by atoms with Crippen LogP contribution in [-0.2, 0) is 4.79 Å². The molecule has 0 aliphatic carbocycles. The van der Waals surface area contributed by atoms with Crippen molar-refractivity contribution in [2.24, 2.45) is 4.99 Å². The van der Waals surface area contributed by atoms with Gasteiger partial charge in [-0.1, -0.05) is 88.6 Å². The Balaban J connectivity index is 1.45. The zero-order valence-corrected chi connectivity index (χ0v) is 24.3. The highest BCUT2D eigenvalue weighted by molar-refractivity contribution is 7.07. The molecule has 6 nitrogen and oxygen atoms in total. The zero-order valence-electron chi connectivity index (χ0n) is 22.0. The number of rotatable bonds is 5. The van der Waals surface area contributed by atoms with Crippen molar-refractivity contribution in [3.8, 4) is 11.3 Å². The molecule has 1 aliphatic heterocycles. The van der Waals surface area contributed by atoms with Gasteiger partial charge in [0.2, 0.25) is 0 Å². The predicted octanol–water partition coefficient (Wildman–Crippen LogP) is 6.75. The van der Waals surface area contributed by atoms with Crippen LogP contribution in [0.25, 0.3) is 17.4 Å². The number of carbonyl (C=O) groups excluding carboxylic acids is 1. The minimum absolute atomic E-state index is 0.268. The molecule has 1 aliphatic rings. The van der Waals surface area contributed by atoms with E-state index < -0.39 is 6.04 Å². The van der Waals surface area contributed by atoms with Crippen LogP contribution in [0, 0.1) is 6.92 Å². The number of halogens is 2. The van der Waals surface area contributed by atoms with E-state index >= 15 is 0 Å². The largest absolute Gasteiger partial charge is 0.457 e. The van der Waals surface area contributed by atoms with E-state index in [0.29, 0.717) is 53.4 Å². The zero-order chi connectivity index (χ0) is 28.7. The lowest BCUT2D eigenvalue weighted by molar-refractivity contribution is -0.113. The van der Waals surface area contributed by atoms with Gasteiger partial charge in [-0.15, -0.1) is 0 Å². The van der Waals surface area contributed by atoms with Crippen LogP contribution in [0.1, 0.15) is 29.9 Å². The summed E-state index contributed by atoms with van der Waals surface area (Å²) in [6.45, 7) is 3.79. The van der Waals surface area contributed by atoms with Crippen LogP contribution >= 0.6 is 34.5 Å². The maximum atomic E-state index is 13.9. The number of nitrogens with one attached hydrogen (secondary N) is 1. The Bertz CT molecular complexity index is 2010. The Morgan fingerprint density at radius 3 is 2.49 bits per heavy atom. The summed E-state index contributed by atoms with van der Waals surface area (Å²) < 4.78 is 8.04. The second-order valence-corrected chi connectivity index (χ2v) is 11.4. The Morgan fingerprint density at radius 2 is 1.73 bits per heavy atom. The number of allylic oxidation sites excluding steroid dienone is 1. The first-order valence-electron chi connectivity index (χ1n) is 12.8.